The van der Waals surface area contributed by atoms with Crippen LogP contribution in [-0.2, 0) is 17.7 Å². The van der Waals surface area contributed by atoms with Gasteiger partial charge < -0.3 is 20.0 Å². The van der Waals surface area contributed by atoms with E-state index in [0.29, 0.717) is 6.61 Å². The minimum absolute atomic E-state index is 0.566. The Morgan fingerprint density at radius 3 is 2.80 bits per heavy atom. The summed E-state index contributed by atoms with van der Waals surface area (Å²) in [4.78, 5) is 9.73. The molecule has 0 fully saturated rings. The number of methoxy groups -OCH3 is 1. The number of ether oxygens (including phenoxy) is 1. The van der Waals surface area contributed by atoms with Crippen LogP contribution in [0.4, 0.5) is 0 Å². The Balaban J connectivity index is 0.000000224. The van der Waals surface area contributed by atoms with Gasteiger partial charge in [-0.3, -0.25) is 0 Å². The van der Waals surface area contributed by atoms with Crippen molar-refractivity contribution < 1.29 is 4.74 Å². The SMILES string of the molecule is CCC\C=C/C=C(C)\C(C)=C\C=N.COCC1=NN=C(N2CCc3nc[nH]c3C2)C1. The minimum atomic E-state index is 0.566. The first-order valence-electron chi connectivity index (χ1n) is 10.5. The molecule has 3 heterocycles. The van der Waals surface area contributed by atoms with Crippen LogP contribution < -0.4 is 0 Å². The molecule has 7 nitrogen and oxygen atoms in total. The van der Waals surface area contributed by atoms with Crippen LogP contribution in [0.2, 0.25) is 0 Å². The van der Waals surface area contributed by atoms with Crippen LogP contribution in [0.3, 0.4) is 0 Å². The average molecular weight is 411 g/mol. The lowest BCUT2D eigenvalue weighted by Crippen LogP contribution is -2.36. The van der Waals surface area contributed by atoms with Gasteiger partial charge in [-0.2, -0.15) is 5.10 Å². The third-order valence-electron chi connectivity index (χ3n) is 5.01. The highest BCUT2D eigenvalue weighted by Crippen LogP contribution is 2.18. The number of imidazole rings is 1. The van der Waals surface area contributed by atoms with Crippen LogP contribution >= 0.6 is 0 Å². The molecule has 162 valence electrons. The fourth-order valence-corrected chi connectivity index (χ4v) is 3.10. The van der Waals surface area contributed by atoms with E-state index < -0.39 is 0 Å². The number of unbranched alkanes of at least 4 members (excludes halogenated alkanes) is 1. The molecule has 0 atom stereocenters. The average Bonchev–Trinajstić information content (AvgIpc) is 3.41. The van der Waals surface area contributed by atoms with Gasteiger partial charge in [0.05, 0.1) is 43.0 Å². The lowest BCUT2D eigenvalue weighted by molar-refractivity contribution is 0.244. The standard InChI is InChI=1S/C12H19N.C11H15N5O/c1-4-5-6-7-8-11(2)12(3)9-10-13;1-17-6-8-4-11(15-14-8)16-3-2-9-10(5-16)13-7-12-9/h6-10,13H,4-5H2,1-3H3;7H,2-6H2,1H3,(H,12,13)/b7-6-,11-8-,12-9+,13-10?;. The molecular formula is C23H34N6O. The number of hydrogen-bond acceptors (Lipinski definition) is 6. The van der Waals surface area contributed by atoms with Crippen molar-refractivity contribution >= 4 is 17.8 Å². The minimum Gasteiger partial charge on any atom is -0.379 e. The number of nitrogens with zero attached hydrogens (tertiary/aromatic N) is 4. The zero-order chi connectivity index (χ0) is 21.8. The van der Waals surface area contributed by atoms with Crippen molar-refractivity contribution in [1.29, 1.82) is 5.41 Å². The van der Waals surface area contributed by atoms with E-state index in [1.54, 1.807) is 19.5 Å². The Morgan fingerprint density at radius 1 is 1.27 bits per heavy atom. The molecule has 1 aromatic heterocycles. The normalized spacial score (nSPS) is 16.7. The second-order valence-electron chi connectivity index (χ2n) is 7.37. The predicted octanol–water partition coefficient (Wildman–Crippen LogP) is 4.46. The molecule has 0 aromatic carbocycles. The Hall–Kier alpha value is -2.80. The zero-order valence-corrected chi connectivity index (χ0v) is 18.6. The van der Waals surface area contributed by atoms with E-state index in [1.165, 1.54) is 29.6 Å². The Labute approximate surface area is 179 Å². The molecule has 0 aliphatic carbocycles. The van der Waals surface area contributed by atoms with Gasteiger partial charge in [0.1, 0.15) is 5.84 Å². The summed E-state index contributed by atoms with van der Waals surface area (Å²) >= 11 is 0. The molecule has 1 aromatic rings. The first kappa shape index (κ1) is 23.5. The number of H-pyrrole nitrogens is 1. The number of hydrogen-bond donors (Lipinski definition) is 2. The number of allylic oxidation sites excluding steroid dienone is 6. The van der Waals surface area contributed by atoms with E-state index in [-0.39, 0.29) is 0 Å². The van der Waals surface area contributed by atoms with Crippen LogP contribution in [0.1, 0.15) is 51.4 Å². The van der Waals surface area contributed by atoms with Crippen molar-refractivity contribution in [2.24, 2.45) is 10.2 Å². The smallest absolute Gasteiger partial charge is 0.133 e. The second-order valence-corrected chi connectivity index (χ2v) is 7.37. The first-order valence-corrected chi connectivity index (χ1v) is 10.5. The number of aromatic nitrogens is 2. The Bertz CT molecular complexity index is 844. The molecule has 0 saturated carbocycles. The maximum absolute atomic E-state index is 6.92. The van der Waals surface area contributed by atoms with E-state index in [0.717, 1.165) is 49.5 Å². The van der Waals surface area contributed by atoms with E-state index in [2.05, 4.69) is 57.1 Å². The first-order chi connectivity index (χ1) is 14.6. The topological polar surface area (TPSA) is 89.7 Å². The number of fused-ring (bicyclic) bond motifs is 1. The lowest BCUT2D eigenvalue weighted by atomic mass is 10.1. The Morgan fingerprint density at radius 2 is 2.07 bits per heavy atom. The largest absolute Gasteiger partial charge is 0.379 e. The number of amidine groups is 1. The fourth-order valence-electron chi connectivity index (χ4n) is 3.10. The van der Waals surface area contributed by atoms with Crippen molar-refractivity contribution in [2.45, 2.75) is 53.0 Å². The van der Waals surface area contributed by atoms with Crippen LogP contribution in [0.25, 0.3) is 0 Å². The molecular weight excluding hydrogens is 376 g/mol. The van der Waals surface area contributed by atoms with Crippen LogP contribution in [0.15, 0.2) is 52.0 Å². The summed E-state index contributed by atoms with van der Waals surface area (Å²) < 4.78 is 5.07. The van der Waals surface area contributed by atoms with Crippen LogP contribution in [0.5, 0.6) is 0 Å². The molecule has 7 heteroatoms. The maximum atomic E-state index is 6.92. The van der Waals surface area contributed by atoms with E-state index in [9.17, 15) is 0 Å². The molecule has 0 spiro atoms. The quantitative estimate of drug-likeness (QED) is 0.514. The van der Waals surface area contributed by atoms with Crippen molar-refractivity contribution in [3.63, 3.8) is 0 Å². The monoisotopic (exact) mass is 410 g/mol. The number of nitrogens with one attached hydrogen (secondary N) is 2. The van der Waals surface area contributed by atoms with Gasteiger partial charge in [0.25, 0.3) is 0 Å². The summed E-state index contributed by atoms with van der Waals surface area (Å²) in [7, 11) is 1.68. The second kappa shape index (κ2) is 12.7. The molecule has 0 bridgehead atoms. The van der Waals surface area contributed by atoms with E-state index in [1.807, 2.05) is 6.92 Å². The summed E-state index contributed by atoms with van der Waals surface area (Å²) in [6.45, 7) is 8.63. The number of aromatic amines is 1. The third-order valence-corrected chi connectivity index (χ3v) is 5.01. The Kier molecular flexibility index (Phi) is 9.94. The highest BCUT2D eigenvalue weighted by Gasteiger charge is 2.24. The van der Waals surface area contributed by atoms with Gasteiger partial charge in [0.15, 0.2) is 0 Å². The van der Waals surface area contributed by atoms with Gasteiger partial charge in [0, 0.05) is 26.3 Å². The van der Waals surface area contributed by atoms with Gasteiger partial charge >= 0.3 is 0 Å². The zero-order valence-electron chi connectivity index (χ0n) is 18.6. The van der Waals surface area contributed by atoms with Gasteiger partial charge in [0.2, 0.25) is 0 Å². The highest BCUT2D eigenvalue weighted by molar-refractivity contribution is 6.07. The lowest BCUT2D eigenvalue weighted by Gasteiger charge is -2.27. The van der Waals surface area contributed by atoms with Crippen LogP contribution in [0, 0.1) is 5.41 Å². The molecule has 0 saturated heterocycles. The summed E-state index contributed by atoms with van der Waals surface area (Å²) in [5.41, 5.74) is 5.74. The summed E-state index contributed by atoms with van der Waals surface area (Å²) in [5, 5.41) is 15.3. The summed E-state index contributed by atoms with van der Waals surface area (Å²) in [6.07, 6.45) is 15.3. The van der Waals surface area contributed by atoms with Gasteiger partial charge in [-0.1, -0.05) is 31.6 Å². The van der Waals surface area contributed by atoms with Gasteiger partial charge in [-0.25, -0.2) is 4.98 Å². The van der Waals surface area contributed by atoms with Crippen molar-refractivity contribution in [2.75, 3.05) is 20.3 Å². The van der Waals surface area contributed by atoms with Gasteiger partial charge in [-0.15, -0.1) is 5.10 Å². The van der Waals surface area contributed by atoms with Gasteiger partial charge in [-0.05, 0) is 37.5 Å². The summed E-state index contributed by atoms with van der Waals surface area (Å²) in [5.74, 6) is 1.04. The highest BCUT2D eigenvalue weighted by atomic mass is 16.5. The molecule has 0 radical (unpaired) electrons. The van der Waals surface area contributed by atoms with Crippen molar-refractivity contribution in [1.82, 2.24) is 14.9 Å². The van der Waals surface area contributed by atoms with Crippen molar-refractivity contribution in [3.8, 4) is 0 Å². The molecule has 2 aliphatic rings. The van der Waals surface area contributed by atoms with Crippen LogP contribution in [-0.4, -0.2) is 52.9 Å². The predicted molar refractivity (Wildman–Crippen MR) is 124 cm³/mol. The number of rotatable bonds is 7. The van der Waals surface area contributed by atoms with Crippen molar-refractivity contribution in [3.05, 3.63) is 53.2 Å². The molecule has 2 aliphatic heterocycles. The molecule has 0 unspecified atom stereocenters. The fraction of sp³-hybridized carbons (Fsp3) is 0.478. The maximum Gasteiger partial charge on any atom is 0.133 e. The molecule has 0 amide bonds. The third kappa shape index (κ3) is 7.22. The summed E-state index contributed by atoms with van der Waals surface area (Å²) in [6, 6.07) is 0. The molecule has 30 heavy (non-hydrogen) atoms. The van der Waals surface area contributed by atoms with E-state index >= 15 is 0 Å². The van der Waals surface area contributed by atoms with E-state index in [4.69, 9.17) is 10.1 Å². The molecule has 2 N–H and O–H groups in total. The molecule has 3 rings (SSSR count).